The smallest absolute Gasteiger partial charge is 0.408 e. The van der Waals surface area contributed by atoms with Crippen LogP contribution >= 0.6 is 0 Å². The number of pyridine rings is 1. The van der Waals surface area contributed by atoms with Crippen molar-refractivity contribution in [1.82, 2.24) is 20.1 Å². The first kappa shape index (κ1) is 38.2. The van der Waals surface area contributed by atoms with E-state index in [9.17, 15) is 24.9 Å². The first-order valence-corrected chi connectivity index (χ1v) is 19.2. The number of aromatic amines is 1. The molecule has 4 aromatic rings. The van der Waals surface area contributed by atoms with Gasteiger partial charge in [-0.3, -0.25) is 9.69 Å². The fourth-order valence-electron chi connectivity index (χ4n) is 8.12. The van der Waals surface area contributed by atoms with Gasteiger partial charge in [0.1, 0.15) is 17.2 Å². The Bertz CT molecular complexity index is 1840. The molecule has 1 amide bonds. The number of unbranched alkanes of at least 4 members (excludes halogenated alkanes) is 6. The van der Waals surface area contributed by atoms with Crippen molar-refractivity contribution in [2.45, 2.75) is 76.0 Å². The number of hydrogen-bond donors (Lipinski definition) is 5. The number of piperidine rings is 3. The van der Waals surface area contributed by atoms with Crippen molar-refractivity contribution in [3.05, 3.63) is 99.8 Å². The van der Waals surface area contributed by atoms with Gasteiger partial charge in [-0.05, 0) is 92.2 Å². The molecule has 53 heavy (non-hydrogen) atoms. The number of rotatable bonds is 19. The first-order chi connectivity index (χ1) is 25.8. The molecule has 0 radical (unpaired) electrons. The monoisotopic (exact) mass is 726 g/mol. The summed E-state index contributed by atoms with van der Waals surface area (Å²) in [5, 5.41) is 35.5. The molecule has 3 saturated heterocycles. The van der Waals surface area contributed by atoms with Gasteiger partial charge >= 0.3 is 6.09 Å². The van der Waals surface area contributed by atoms with Crippen LogP contribution in [0.5, 0.6) is 17.2 Å². The number of H-pyrrole nitrogens is 1. The Morgan fingerprint density at radius 3 is 2.34 bits per heavy atom. The van der Waals surface area contributed by atoms with Crippen LogP contribution in [0.1, 0.15) is 86.6 Å². The van der Waals surface area contributed by atoms with Crippen LogP contribution in [0, 0.1) is 5.92 Å². The van der Waals surface area contributed by atoms with Gasteiger partial charge in [-0.25, -0.2) is 4.79 Å². The van der Waals surface area contributed by atoms with E-state index in [4.69, 9.17) is 9.47 Å². The van der Waals surface area contributed by atoms with Crippen LogP contribution in [0.25, 0.3) is 10.9 Å². The number of aliphatic hydroxyl groups excluding tert-OH is 1. The van der Waals surface area contributed by atoms with Crippen LogP contribution in [-0.4, -0.2) is 88.7 Å². The minimum absolute atomic E-state index is 0.0159. The van der Waals surface area contributed by atoms with Gasteiger partial charge in [0, 0.05) is 30.6 Å². The summed E-state index contributed by atoms with van der Waals surface area (Å²) in [6, 6.07) is 21.4. The molecule has 3 aliphatic heterocycles. The van der Waals surface area contributed by atoms with E-state index < -0.39 is 18.2 Å². The number of fused-ring (bicyclic) bond motifs is 4. The Kier molecular flexibility index (Phi) is 13.3. The molecule has 1 unspecified atom stereocenters. The van der Waals surface area contributed by atoms with E-state index in [0.717, 1.165) is 95.1 Å². The summed E-state index contributed by atoms with van der Waals surface area (Å²) in [5.74, 6) is 1.67. The van der Waals surface area contributed by atoms with Gasteiger partial charge in [0.25, 0.3) is 0 Å². The largest absolute Gasteiger partial charge is 0.506 e. The third-order valence-electron chi connectivity index (χ3n) is 10.9. The van der Waals surface area contributed by atoms with Crippen molar-refractivity contribution in [2.75, 3.05) is 46.4 Å². The Hall–Kier alpha value is -4.58. The highest BCUT2D eigenvalue weighted by Crippen LogP contribution is 2.40. The van der Waals surface area contributed by atoms with Crippen molar-refractivity contribution >= 4 is 17.0 Å². The van der Waals surface area contributed by atoms with Gasteiger partial charge in [0.15, 0.2) is 0 Å². The second-order valence-electron chi connectivity index (χ2n) is 14.5. The number of amides is 1. The summed E-state index contributed by atoms with van der Waals surface area (Å²) in [5.41, 5.74) is 2.48. The third-order valence-corrected chi connectivity index (χ3v) is 10.9. The molecule has 5 N–H and O–H groups in total. The van der Waals surface area contributed by atoms with Crippen molar-refractivity contribution < 1.29 is 29.6 Å². The SMILES string of the molecule is COc1cc(OCCCCCCCCCNC[C@@H](O)c2ccc(O)c3[nH]c(=O)ccc23)cc(C(c2ccccc2)N(C(=O)O)[C@H]2CN3CCC2CC3)c1. The van der Waals surface area contributed by atoms with E-state index in [2.05, 4.69) is 15.2 Å². The topological polar surface area (TPSA) is 148 Å². The lowest BCUT2D eigenvalue weighted by atomic mass is 9.81. The molecule has 0 spiro atoms. The van der Waals surface area contributed by atoms with Gasteiger partial charge in [-0.1, -0.05) is 68.5 Å². The molecule has 0 saturated carbocycles. The average molecular weight is 727 g/mol. The first-order valence-electron chi connectivity index (χ1n) is 19.2. The standard InChI is InChI=1S/C42H54N4O7/c1-52-32-24-31(41(30-12-8-7-9-13-30)46(42(50)51)36-28-45-21-18-29(36)19-22-45)25-33(26-32)53-23-11-6-4-2-3-5-10-20-43-27-38(48)34-14-16-37(47)40-35(34)15-17-39(49)44-40/h7-9,12-17,24-26,29,36,38,41,43,47-48H,2-6,10-11,18-23,27-28H2,1H3,(H,44,49)(H,50,51)/t36-,38+,41?/m0/s1. The molecule has 284 valence electrons. The Balaban J connectivity index is 0.938. The fraction of sp³-hybridized carbons (Fsp3) is 0.476. The summed E-state index contributed by atoms with van der Waals surface area (Å²) < 4.78 is 11.9. The average Bonchev–Trinajstić information content (AvgIpc) is 3.18. The number of benzene rings is 3. The van der Waals surface area contributed by atoms with Crippen LogP contribution in [-0.2, 0) is 0 Å². The van der Waals surface area contributed by atoms with E-state index in [1.54, 1.807) is 24.1 Å². The van der Waals surface area contributed by atoms with Gasteiger partial charge in [-0.15, -0.1) is 0 Å². The van der Waals surface area contributed by atoms with Crippen LogP contribution in [0.4, 0.5) is 4.79 Å². The number of aromatic nitrogens is 1. The van der Waals surface area contributed by atoms with Gasteiger partial charge in [0.05, 0.1) is 37.4 Å². The van der Waals surface area contributed by atoms with Crippen molar-refractivity contribution in [2.24, 2.45) is 5.92 Å². The molecule has 3 aliphatic rings. The number of nitrogens with one attached hydrogen (secondary N) is 2. The van der Waals surface area contributed by atoms with Gasteiger partial charge < -0.3 is 40.0 Å². The molecule has 11 heteroatoms. The third kappa shape index (κ3) is 9.70. The van der Waals surface area contributed by atoms with Crippen molar-refractivity contribution in [1.29, 1.82) is 0 Å². The van der Waals surface area contributed by atoms with Crippen LogP contribution in [0.3, 0.4) is 0 Å². The zero-order valence-corrected chi connectivity index (χ0v) is 30.7. The van der Waals surface area contributed by atoms with Crippen LogP contribution in [0.15, 0.2) is 77.6 Å². The molecule has 3 atom stereocenters. The van der Waals surface area contributed by atoms with E-state index in [0.29, 0.717) is 47.0 Å². The lowest BCUT2D eigenvalue weighted by Gasteiger charge is -2.50. The fourth-order valence-corrected chi connectivity index (χ4v) is 8.12. The maximum absolute atomic E-state index is 13.0. The molecular formula is C42H54N4O7. The van der Waals surface area contributed by atoms with Gasteiger partial charge in [-0.2, -0.15) is 0 Å². The number of hydrogen-bond acceptors (Lipinski definition) is 8. The highest BCUT2D eigenvalue weighted by molar-refractivity contribution is 5.87. The Morgan fingerprint density at radius 1 is 0.925 bits per heavy atom. The molecule has 2 bridgehead atoms. The Morgan fingerprint density at radius 2 is 1.64 bits per heavy atom. The molecule has 1 aromatic heterocycles. The lowest BCUT2D eigenvalue weighted by Crippen LogP contribution is -2.59. The number of nitrogens with zero attached hydrogens (tertiary/aromatic N) is 2. The zero-order valence-electron chi connectivity index (χ0n) is 30.7. The number of aliphatic hydroxyl groups is 1. The van der Waals surface area contributed by atoms with E-state index >= 15 is 0 Å². The van der Waals surface area contributed by atoms with Crippen molar-refractivity contribution in [3.8, 4) is 17.2 Å². The van der Waals surface area contributed by atoms with Crippen molar-refractivity contribution in [3.63, 3.8) is 0 Å². The molecule has 0 aliphatic carbocycles. The summed E-state index contributed by atoms with van der Waals surface area (Å²) in [6.07, 6.45) is 7.90. The second kappa shape index (κ2) is 18.4. The highest BCUT2D eigenvalue weighted by atomic mass is 16.5. The maximum atomic E-state index is 13.0. The molecule has 7 rings (SSSR count). The normalized spacial score (nSPS) is 19.2. The predicted octanol–water partition coefficient (Wildman–Crippen LogP) is 6.84. The number of methoxy groups -OCH3 is 1. The predicted molar refractivity (Wildman–Crippen MR) is 206 cm³/mol. The number of aromatic hydroxyl groups is 1. The van der Waals surface area contributed by atoms with E-state index in [1.165, 1.54) is 12.1 Å². The molecule has 4 heterocycles. The van der Waals surface area contributed by atoms with Crippen LogP contribution in [0.2, 0.25) is 0 Å². The second-order valence-corrected chi connectivity index (χ2v) is 14.5. The van der Waals surface area contributed by atoms with Crippen LogP contribution < -0.4 is 20.3 Å². The Labute approximate surface area is 311 Å². The number of phenols is 1. The number of phenolic OH excluding ortho intramolecular Hbond substituents is 1. The quantitative estimate of drug-likeness (QED) is 0.0656. The molecule has 11 nitrogen and oxygen atoms in total. The number of carboxylic acid groups (broad SMARTS) is 1. The summed E-state index contributed by atoms with van der Waals surface area (Å²) in [6.45, 7) is 4.61. The van der Waals surface area contributed by atoms with Gasteiger partial charge in [0.2, 0.25) is 5.56 Å². The lowest BCUT2D eigenvalue weighted by molar-refractivity contribution is -0.000837. The minimum atomic E-state index is -0.905. The summed E-state index contributed by atoms with van der Waals surface area (Å²) >= 11 is 0. The molecule has 3 fully saturated rings. The molecular weight excluding hydrogens is 672 g/mol. The van der Waals surface area contributed by atoms with E-state index in [1.807, 2.05) is 48.5 Å². The zero-order chi connectivity index (χ0) is 37.2. The number of ether oxygens (including phenoxy) is 2. The highest BCUT2D eigenvalue weighted by Gasteiger charge is 2.43. The number of carbonyl (C=O) groups is 1. The van der Waals surface area contributed by atoms with E-state index in [-0.39, 0.29) is 17.4 Å². The summed E-state index contributed by atoms with van der Waals surface area (Å²) in [4.78, 5) is 31.4. The summed E-state index contributed by atoms with van der Waals surface area (Å²) in [7, 11) is 1.63. The molecule has 3 aromatic carbocycles. The minimum Gasteiger partial charge on any atom is -0.506 e. The maximum Gasteiger partial charge on any atom is 0.408 e.